The highest BCUT2D eigenvalue weighted by Crippen LogP contribution is 2.21. The number of aryl methyl sites for hydroxylation is 1. The zero-order valence-electron chi connectivity index (χ0n) is 10.4. The van der Waals surface area contributed by atoms with E-state index in [1.165, 1.54) is 13.2 Å². The average Bonchev–Trinajstić information content (AvgIpc) is 2.76. The second-order valence-electron chi connectivity index (χ2n) is 4.16. The van der Waals surface area contributed by atoms with Crippen molar-refractivity contribution in [2.75, 3.05) is 7.11 Å². The molecule has 1 aromatic carbocycles. The lowest BCUT2D eigenvalue weighted by Crippen LogP contribution is -2.17. The van der Waals surface area contributed by atoms with Gasteiger partial charge in [-0.1, -0.05) is 6.07 Å². The molecule has 96 valence electrons. The van der Waals surface area contributed by atoms with E-state index in [9.17, 15) is 4.39 Å². The fourth-order valence-corrected chi connectivity index (χ4v) is 1.94. The van der Waals surface area contributed by atoms with Crippen LogP contribution < -0.4 is 10.5 Å². The number of ether oxygens (including phenoxy) is 1. The molecule has 0 spiro atoms. The number of nitrogens with two attached hydrogens (primary N) is 1. The first-order valence-corrected chi connectivity index (χ1v) is 5.67. The lowest BCUT2D eigenvalue weighted by Gasteiger charge is -2.12. The van der Waals surface area contributed by atoms with Crippen molar-refractivity contribution < 1.29 is 9.13 Å². The van der Waals surface area contributed by atoms with Crippen LogP contribution in [0.2, 0.25) is 0 Å². The first-order valence-electron chi connectivity index (χ1n) is 5.67. The van der Waals surface area contributed by atoms with Crippen molar-refractivity contribution in [2.45, 2.75) is 12.5 Å². The molecule has 2 N–H and O–H groups in total. The molecule has 0 fully saturated rings. The molecule has 4 nitrogen and oxygen atoms in total. The maximum absolute atomic E-state index is 13.5. The van der Waals surface area contributed by atoms with Gasteiger partial charge >= 0.3 is 0 Å². The molecule has 2 aromatic rings. The minimum atomic E-state index is -0.368. The van der Waals surface area contributed by atoms with E-state index in [1.807, 2.05) is 19.2 Å². The summed E-state index contributed by atoms with van der Waals surface area (Å²) >= 11 is 0. The predicted molar refractivity (Wildman–Crippen MR) is 66.8 cm³/mol. The highest BCUT2D eigenvalue weighted by atomic mass is 19.1. The van der Waals surface area contributed by atoms with Gasteiger partial charge in [0.15, 0.2) is 11.6 Å². The first-order chi connectivity index (χ1) is 8.61. The monoisotopic (exact) mass is 249 g/mol. The van der Waals surface area contributed by atoms with Crippen molar-refractivity contribution in [1.82, 2.24) is 9.78 Å². The van der Waals surface area contributed by atoms with E-state index in [1.54, 1.807) is 16.9 Å². The molecule has 0 aliphatic rings. The Balaban J connectivity index is 2.15. The van der Waals surface area contributed by atoms with Gasteiger partial charge in [-0.3, -0.25) is 4.68 Å². The van der Waals surface area contributed by atoms with Gasteiger partial charge in [0, 0.05) is 13.2 Å². The summed E-state index contributed by atoms with van der Waals surface area (Å²) in [6, 6.07) is 6.54. The molecule has 1 heterocycles. The minimum Gasteiger partial charge on any atom is -0.494 e. The Labute approximate surface area is 105 Å². The third-order valence-electron chi connectivity index (χ3n) is 2.91. The standard InChI is InChI=1S/C13H16FN3O/c1-17-12(5-6-16-17)11(15)8-9-3-4-13(18-2)10(14)7-9/h3-7,11H,8,15H2,1-2H3. The smallest absolute Gasteiger partial charge is 0.165 e. The highest BCUT2D eigenvalue weighted by molar-refractivity contribution is 5.30. The second kappa shape index (κ2) is 5.18. The summed E-state index contributed by atoms with van der Waals surface area (Å²) < 4.78 is 20.1. The van der Waals surface area contributed by atoms with Crippen LogP contribution in [-0.4, -0.2) is 16.9 Å². The molecule has 18 heavy (non-hydrogen) atoms. The Morgan fingerprint density at radius 3 is 2.78 bits per heavy atom. The predicted octanol–water partition coefficient (Wildman–Crippen LogP) is 1.81. The van der Waals surface area contributed by atoms with Gasteiger partial charge in [-0.2, -0.15) is 5.10 Å². The van der Waals surface area contributed by atoms with Crippen molar-refractivity contribution in [2.24, 2.45) is 12.8 Å². The largest absolute Gasteiger partial charge is 0.494 e. The normalized spacial score (nSPS) is 12.4. The van der Waals surface area contributed by atoms with Gasteiger partial charge < -0.3 is 10.5 Å². The molecule has 0 aliphatic heterocycles. The topological polar surface area (TPSA) is 53.1 Å². The molecule has 1 atom stereocenters. The Kier molecular flexibility index (Phi) is 3.62. The Morgan fingerprint density at radius 1 is 1.44 bits per heavy atom. The number of benzene rings is 1. The van der Waals surface area contributed by atoms with E-state index in [0.29, 0.717) is 6.42 Å². The molecule has 0 saturated heterocycles. The first kappa shape index (κ1) is 12.6. The molecule has 0 aliphatic carbocycles. The van der Waals surface area contributed by atoms with Gasteiger partial charge in [-0.15, -0.1) is 0 Å². The molecule has 0 bridgehead atoms. The summed E-state index contributed by atoms with van der Waals surface area (Å²) in [4.78, 5) is 0. The number of aromatic nitrogens is 2. The molecule has 0 radical (unpaired) electrons. The minimum absolute atomic E-state index is 0.203. The van der Waals surface area contributed by atoms with Crippen LogP contribution in [0, 0.1) is 5.82 Å². The van der Waals surface area contributed by atoms with E-state index in [0.717, 1.165) is 11.3 Å². The number of nitrogens with zero attached hydrogens (tertiary/aromatic N) is 2. The Hall–Kier alpha value is -1.88. The maximum Gasteiger partial charge on any atom is 0.165 e. The lowest BCUT2D eigenvalue weighted by atomic mass is 10.0. The van der Waals surface area contributed by atoms with E-state index < -0.39 is 0 Å². The van der Waals surface area contributed by atoms with Crippen molar-refractivity contribution in [1.29, 1.82) is 0 Å². The van der Waals surface area contributed by atoms with E-state index in [-0.39, 0.29) is 17.6 Å². The lowest BCUT2D eigenvalue weighted by molar-refractivity contribution is 0.386. The number of methoxy groups -OCH3 is 1. The van der Waals surface area contributed by atoms with Crippen LogP contribution in [0.25, 0.3) is 0 Å². The van der Waals surface area contributed by atoms with Gasteiger partial charge in [0.1, 0.15) is 0 Å². The van der Waals surface area contributed by atoms with E-state index in [2.05, 4.69) is 5.10 Å². The van der Waals surface area contributed by atoms with Crippen LogP contribution >= 0.6 is 0 Å². The fraction of sp³-hybridized carbons (Fsp3) is 0.308. The van der Waals surface area contributed by atoms with E-state index in [4.69, 9.17) is 10.5 Å². The molecular weight excluding hydrogens is 233 g/mol. The van der Waals surface area contributed by atoms with Crippen molar-refractivity contribution in [3.05, 3.63) is 47.5 Å². The molecule has 0 saturated carbocycles. The molecule has 1 unspecified atom stereocenters. The quantitative estimate of drug-likeness (QED) is 0.899. The summed E-state index contributed by atoms with van der Waals surface area (Å²) in [5, 5.41) is 4.07. The van der Waals surface area contributed by atoms with Crippen molar-refractivity contribution in [3.63, 3.8) is 0 Å². The second-order valence-corrected chi connectivity index (χ2v) is 4.16. The number of halogens is 1. The van der Waals surface area contributed by atoms with Crippen LogP contribution in [0.5, 0.6) is 5.75 Å². The van der Waals surface area contributed by atoms with Crippen LogP contribution in [0.15, 0.2) is 30.5 Å². The fourth-order valence-electron chi connectivity index (χ4n) is 1.94. The van der Waals surface area contributed by atoms with Gasteiger partial charge in [-0.25, -0.2) is 4.39 Å². The number of hydrogen-bond donors (Lipinski definition) is 1. The molecular formula is C13H16FN3O. The zero-order chi connectivity index (χ0) is 13.1. The van der Waals surface area contributed by atoms with E-state index >= 15 is 0 Å². The third-order valence-corrected chi connectivity index (χ3v) is 2.91. The number of rotatable bonds is 4. The van der Waals surface area contributed by atoms with Crippen LogP contribution in [-0.2, 0) is 13.5 Å². The number of hydrogen-bond acceptors (Lipinski definition) is 3. The molecule has 2 rings (SSSR count). The summed E-state index contributed by atoms with van der Waals surface area (Å²) in [5.74, 6) is -0.125. The van der Waals surface area contributed by atoms with Gasteiger partial charge in [0.2, 0.25) is 0 Å². The summed E-state index contributed by atoms with van der Waals surface area (Å²) in [6.07, 6.45) is 2.25. The highest BCUT2D eigenvalue weighted by Gasteiger charge is 2.12. The Morgan fingerprint density at radius 2 is 2.22 bits per heavy atom. The molecule has 5 heteroatoms. The van der Waals surface area contributed by atoms with Gasteiger partial charge in [0.25, 0.3) is 0 Å². The average molecular weight is 249 g/mol. The zero-order valence-corrected chi connectivity index (χ0v) is 10.4. The van der Waals surface area contributed by atoms with Crippen LogP contribution in [0.4, 0.5) is 4.39 Å². The van der Waals surface area contributed by atoms with Crippen molar-refractivity contribution in [3.8, 4) is 5.75 Å². The summed E-state index contributed by atoms with van der Waals surface area (Å²) in [6.45, 7) is 0. The summed E-state index contributed by atoms with van der Waals surface area (Å²) in [7, 11) is 3.28. The Bertz CT molecular complexity index is 539. The third kappa shape index (κ3) is 2.51. The summed E-state index contributed by atoms with van der Waals surface area (Å²) in [5.41, 5.74) is 7.84. The molecule has 1 aromatic heterocycles. The SMILES string of the molecule is COc1ccc(CC(N)c2ccnn2C)cc1F. The van der Waals surface area contributed by atoms with Crippen LogP contribution in [0.1, 0.15) is 17.3 Å². The molecule has 0 amide bonds. The van der Waals surface area contributed by atoms with Crippen molar-refractivity contribution >= 4 is 0 Å². The maximum atomic E-state index is 13.5. The van der Waals surface area contributed by atoms with Crippen LogP contribution in [0.3, 0.4) is 0 Å². The van der Waals surface area contributed by atoms with Gasteiger partial charge in [-0.05, 0) is 30.2 Å². The van der Waals surface area contributed by atoms with Gasteiger partial charge in [0.05, 0.1) is 18.8 Å².